The molecule has 23 heavy (non-hydrogen) atoms. The number of nitrogens with one attached hydrogen (secondary N) is 1. The topological polar surface area (TPSA) is 75.7 Å². The van der Waals surface area contributed by atoms with E-state index >= 15 is 0 Å². The van der Waals surface area contributed by atoms with Crippen molar-refractivity contribution < 1.29 is 9.90 Å². The van der Waals surface area contributed by atoms with Crippen LogP contribution in [0.25, 0.3) is 5.52 Å². The summed E-state index contributed by atoms with van der Waals surface area (Å²) in [6.45, 7) is 0.212. The van der Waals surface area contributed by atoms with E-state index in [0.29, 0.717) is 5.56 Å². The minimum Gasteiger partial charge on any atom is -0.389 e. The SMILES string of the molecule is O=C(NCC(O)Cn1ccccc1=O)c1cc2ccccn2c1. The molecule has 6 nitrogen and oxygen atoms in total. The van der Waals surface area contributed by atoms with Crippen LogP contribution in [0.1, 0.15) is 10.4 Å². The molecule has 3 aromatic rings. The van der Waals surface area contributed by atoms with Crippen LogP contribution in [-0.2, 0) is 6.54 Å². The average molecular weight is 311 g/mol. The Morgan fingerprint density at radius 2 is 1.96 bits per heavy atom. The lowest BCUT2D eigenvalue weighted by molar-refractivity contribution is 0.0903. The molecule has 0 aliphatic carbocycles. The molecule has 0 saturated heterocycles. The number of rotatable bonds is 5. The van der Waals surface area contributed by atoms with Crippen molar-refractivity contribution in [1.29, 1.82) is 0 Å². The maximum Gasteiger partial charge on any atom is 0.252 e. The molecule has 0 spiro atoms. The number of aromatic nitrogens is 2. The molecule has 6 heteroatoms. The number of aliphatic hydroxyl groups excluding tert-OH is 1. The molecule has 3 heterocycles. The fourth-order valence-electron chi connectivity index (χ4n) is 2.40. The standard InChI is InChI=1S/C17H17N3O3/c21-15(12-20-8-4-2-6-16(20)22)10-18-17(23)13-9-14-5-1-3-7-19(14)11-13/h1-9,11,15,21H,10,12H2,(H,18,23). The van der Waals surface area contributed by atoms with Gasteiger partial charge in [0.15, 0.2) is 0 Å². The van der Waals surface area contributed by atoms with E-state index in [1.54, 1.807) is 30.6 Å². The smallest absolute Gasteiger partial charge is 0.252 e. The van der Waals surface area contributed by atoms with Gasteiger partial charge < -0.3 is 19.4 Å². The van der Waals surface area contributed by atoms with Crippen LogP contribution < -0.4 is 10.9 Å². The number of nitrogens with zero attached hydrogens (tertiary/aromatic N) is 2. The Kier molecular flexibility index (Phi) is 4.25. The highest BCUT2D eigenvalue weighted by atomic mass is 16.3. The molecule has 0 saturated carbocycles. The lowest BCUT2D eigenvalue weighted by atomic mass is 10.2. The molecule has 1 unspecified atom stereocenters. The molecule has 0 fully saturated rings. The van der Waals surface area contributed by atoms with Gasteiger partial charge in [-0.15, -0.1) is 0 Å². The van der Waals surface area contributed by atoms with E-state index in [0.717, 1.165) is 5.52 Å². The fourth-order valence-corrected chi connectivity index (χ4v) is 2.40. The van der Waals surface area contributed by atoms with Gasteiger partial charge in [-0.1, -0.05) is 12.1 Å². The van der Waals surface area contributed by atoms with Crippen molar-refractivity contribution in [3.8, 4) is 0 Å². The van der Waals surface area contributed by atoms with Crippen LogP contribution in [0.4, 0.5) is 0 Å². The Morgan fingerprint density at radius 3 is 2.74 bits per heavy atom. The van der Waals surface area contributed by atoms with Gasteiger partial charge in [-0.05, 0) is 24.3 Å². The number of aliphatic hydroxyl groups is 1. The van der Waals surface area contributed by atoms with Gasteiger partial charge in [0, 0.05) is 36.7 Å². The minimum atomic E-state index is -0.837. The number of carbonyl (C=O) groups is 1. The number of carbonyl (C=O) groups excluding carboxylic acids is 1. The van der Waals surface area contributed by atoms with E-state index in [1.807, 2.05) is 28.8 Å². The Bertz CT molecular complexity index is 849. The van der Waals surface area contributed by atoms with Crippen LogP contribution in [0.5, 0.6) is 0 Å². The van der Waals surface area contributed by atoms with E-state index in [-0.39, 0.29) is 24.6 Å². The van der Waals surface area contributed by atoms with Crippen LogP contribution in [0, 0.1) is 0 Å². The normalized spacial score (nSPS) is 12.2. The third-order valence-electron chi connectivity index (χ3n) is 3.57. The summed E-state index contributed by atoms with van der Waals surface area (Å²) in [5.41, 5.74) is 1.27. The number of amides is 1. The highest BCUT2D eigenvalue weighted by Crippen LogP contribution is 2.09. The Balaban J connectivity index is 1.60. The van der Waals surface area contributed by atoms with Gasteiger partial charge in [-0.25, -0.2) is 0 Å². The number of hydrogen-bond donors (Lipinski definition) is 2. The van der Waals surface area contributed by atoms with Crippen molar-refractivity contribution in [2.24, 2.45) is 0 Å². The first kappa shape index (κ1) is 15.1. The zero-order valence-corrected chi connectivity index (χ0v) is 12.4. The summed E-state index contributed by atoms with van der Waals surface area (Å²) in [4.78, 5) is 23.7. The summed E-state index contributed by atoms with van der Waals surface area (Å²) in [6.07, 6.45) is 4.37. The molecule has 0 bridgehead atoms. The molecule has 0 aliphatic heterocycles. The van der Waals surface area contributed by atoms with Crippen LogP contribution in [0.2, 0.25) is 0 Å². The fraction of sp³-hybridized carbons (Fsp3) is 0.176. The molecule has 1 atom stereocenters. The first-order valence-electron chi connectivity index (χ1n) is 7.32. The second-order valence-corrected chi connectivity index (χ2v) is 5.32. The molecule has 0 aliphatic rings. The van der Waals surface area contributed by atoms with Gasteiger partial charge in [-0.3, -0.25) is 9.59 Å². The van der Waals surface area contributed by atoms with Gasteiger partial charge in [0.25, 0.3) is 11.5 Å². The first-order chi connectivity index (χ1) is 11.1. The Labute approximate surface area is 132 Å². The first-order valence-corrected chi connectivity index (χ1v) is 7.32. The molecule has 3 aromatic heterocycles. The van der Waals surface area contributed by atoms with Crippen LogP contribution >= 0.6 is 0 Å². The molecule has 0 aromatic carbocycles. The van der Waals surface area contributed by atoms with Gasteiger partial charge in [0.1, 0.15) is 0 Å². The van der Waals surface area contributed by atoms with E-state index < -0.39 is 6.10 Å². The summed E-state index contributed by atoms with van der Waals surface area (Å²) in [5.74, 6) is -0.256. The zero-order valence-electron chi connectivity index (χ0n) is 12.4. The molecule has 2 N–H and O–H groups in total. The highest BCUT2D eigenvalue weighted by molar-refractivity contribution is 5.95. The van der Waals surface area contributed by atoms with Gasteiger partial charge in [-0.2, -0.15) is 0 Å². The van der Waals surface area contributed by atoms with E-state index in [1.165, 1.54) is 10.6 Å². The van der Waals surface area contributed by atoms with Crippen molar-refractivity contribution >= 4 is 11.4 Å². The summed E-state index contributed by atoms with van der Waals surface area (Å²) >= 11 is 0. The molecule has 0 radical (unpaired) electrons. The largest absolute Gasteiger partial charge is 0.389 e. The van der Waals surface area contributed by atoms with Gasteiger partial charge in [0.2, 0.25) is 0 Å². The maximum absolute atomic E-state index is 12.1. The lowest BCUT2D eigenvalue weighted by Gasteiger charge is -2.13. The molecule has 3 rings (SSSR count). The average Bonchev–Trinajstić information content (AvgIpc) is 2.99. The summed E-state index contributed by atoms with van der Waals surface area (Å²) in [7, 11) is 0. The summed E-state index contributed by atoms with van der Waals surface area (Å²) in [5, 5.41) is 12.7. The second-order valence-electron chi connectivity index (χ2n) is 5.32. The maximum atomic E-state index is 12.1. The van der Waals surface area contributed by atoms with Crippen molar-refractivity contribution in [3.63, 3.8) is 0 Å². The quantitative estimate of drug-likeness (QED) is 0.735. The van der Waals surface area contributed by atoms with Crippen LogP contribution in [-0.4, -0.2) is 32.6 Å². The third kappa shape index (κ3) is 3.49. The van der Waals surface area contributed by atoms with E-state index in [2.05, 4.69) is 5.32 Å². The van der Waals surface area contributed by atoms with Gasteiger partial charge >= 0.3 is 0 Å². The second kappa shape index (κ2) is 6.50. The Hall–Kier alpha value is -2.86. The van der Waals surface area contributed by atoms with Crippen LogP contribution in [0.3, 0.4) is 0 Å². The molecular weight excluding hydrogens is 294 g/mol. The predicted molar refractivity (Wildman–Crippen MR) is 86.4 cm³/mol. The number of fused-ring (bicyclic) bond motifs is 1. The van der Waals surface area contributed by atoms with Crippen LogP contribution in [0.15, 0.2) is 65.8 Å². The third-order valence-corrected chi connectivity index (χ3v) is 3.57. The van der Waals surface area contributed by atoms with E-state index in [4.69, 9.17) is 0 Å². The molecule has 1 amide bonds. The molecular formula is C17H17N3O3. The monoisotopic (exact) mass is 311 g/mol. The van der Waals surface area contributed by atoms with Crippen molar-refractivity contribution in [2.45, 2.75) is 12.6 Å². The van der Waals surface area contributed by atoms with Gasteiger partial charge in [0.05, 0.1) is 18.2 Å². The molecule has 118 valence electrons. The zero-order chi connectivity index (χ0) is 16.2. The van der Waals surface area contributed by atoms with Crippen molar-refractivity contribution in [3.05, 3.63) is 77.0 Å². The lowest BCUT2D eigenvalue weighted by Crippen LogP contribution is -2.36. The minimum absolute atomic E-state index is 0.0758. The highest BCUT2D eigenvalue weighted by Gasteiger charge is 2.11. The summed E-state index contributed by atoms with van der Waals surface area (Å²) in [6, 6.07) is 12.3. The number of hydrogen-bond acceptors (Lipinski definition) is 3. The van der Waals surface area contributed by atoms with Crippen molar-refractivity contribution in [1.82, 2.24) is 14.3 Å². The number of pyridine rings is 2. The van der Waals surface area contributed by atoms with E-state index in [9.17, 15) is 14.7 Å². The van der Waals surface area contributed by atoms with Crippen molar-refractivity contribution in [2.75, 3.05) is 6.54 Å². The Morgan fingerprint density at radius 1 is 1.17 bits per heavy atom. The summed E-state index contributed by atoms with van der Waals surface area (Å²) < 4.78 is 3.26. The predicted octanol–water partition coefficient (Wildman–Crippen LogP) is 0.892.